The van der Waals surface area contributed by atoms with Gasteiger partial charge in [0, 0.05) is 19.6 Å². The standard InChI is InChI=1S/C10H13ClN4O2/c11-9-4-13-7(3-14-9)5-15-1-2-17-8(6-15)10(12)16/h3-4,8H,1-2,5-6H2,(H2,12,16)/t8-/m1/s1. The molecule has 17 heavy (non-hydrogen) atoms. The summed E-state index contributed by atoms with van der Waals surface area (Å²) in [6.45, 7) is 2.33. The molecule has 1 atom stereocenters. The molecule has 6 nitrogen and oxygen atoms in total. The normalized spacial score (nSPS) is 21.4. The first-order valence-corrected chi connectivity index (χ1v) is 5.62. The van der Waals surface area contributed by atoms with Crippen LogP contribution in [0.4, 0.5) is 0 Å². The molecule has 2 rings (SSSR count). The Hall–Kier alpha value is -1.24. The largest absolute Gasteiger partial charge is 0.367 e. The number of hydrogen-bond donors (Lipinski definition) is 1. The molecule has 2 N–H and O–H groups in total. The Morgan fingerprint density at radius 2 is 2.41 bits per heavy atom. The molecule has 0 bridgehead atoms. The van der Waals surface area contributed by atoms with E-state index in [1.54, 1.807) is 6.20 Å². The number of amides is 1. The van der Waals surface area contributed by atoms with Crippen molar-refractivity contribution in [2.45, 2.75) is 12.6 Å². The van der Waals surface area contributed by atoms with E-state index in [-0.39, 0.29) is 0 Å². The van der Waals surface area contributed by atoms with Crippen LogP contribution in [-0.4, -0.2) is 46.6 Å². The fourth-order valence-corrected chi connectivity index (χ4v) is 1.77. The van der Waals surface area contributed by atoms with Crippen molar-refractivity contribution in [3.63, 3.8) is 0 Å². The number of nitrogens with zero attached hydrogens (tertiary/aromatic N) is 3. The lowest BCUT2D eigenvalue weighted by atomic mass is 10.2. The molecule has 1 aliphatic heterocycles. The minimum Gasteiger partial charge on any atom is -0.367 e. The van der Waals surface area contributed by atoms with E-state index in [0.29, 0.717) is 24.8 Å². The Balaban J connectivity index is 1.94. The van der Waals surface area contributed by atoms with Crippen LogP contribution in [0.25, 0.3) is 0 Å². The third-order valence-corrected chi connectivity index (χ3v) is 2.72. The minimum absolute atomic E-state index is 0.366. The summed E-state index contributed by atoms with van der Waals surface area (Å²) in [6.07, 6.45) is 2.59. The Kier molecular flexibility index (Phi) is 3.88. The van der Waals surface area contributed by atoms with Crippen LogP contribution in [0.1, 0.15) is 5.69 Å². The second-order valence-electron chi connectivity index (χ2n) is 3.83. The second-order valence-corrected chi connectivity index (χ2v) is 4.21. The number of nitrogens with two attached hydrogens (primary N) is 1. The predicted molar refractivity (Wildman–Crippen MR) is 61.3 cm³/mol. The molecule has 2 heterocycles. The number of halogens is 1. The highest BCUT2D eigenvalue weighted by Gasteiger charge is 2.24. The third-order valence-electron chi connectivity index (χ3n) is 2.53. The van der Waals surface area contributed by atoms with Crippen LogP contribution in [0.3, 0.4) is 0 Å². The molecule has 0 saturated carbocycles. The topological polar surface area (TPSA) is 81.3 Å². The summed E-state index contributed by atoms with van der Waals surface area (Å²) in [5.74, 6) is -0.433. The Morgan fingerprint density at radius 3 is 3.06 bits per heavy atom. The molecule has 0 aromatic carbocycles. The van der Waals surface area contributed by atoms with Gasteiger partial charge in [-0.3, -0.25) is 14.7 Å². The van der Waals surface area contributed by atoms with Gasteiger partial charge in [-0.2, -0.15) is 0 Å². The highest BCUT2D eigenvalue weighted by Crippen LogP contribution is 2.09. The summed E-state index contributed by atoms with van der Waals surface area (Å²) in [6, 6.07) is 0. The molecule has 1 aromatic rings. The lowest BCUT2D eigenvalue weighted by molar-refractivity contribution is -0.135. The molecule has 0 unspecified atom stereocenters. The van der Waals surface area contributed by atoms with Crippen LogP contribution in [0.2, 0.25) is 5.15 Å². The van der Waals surface area contributed by atoms with Crippen molar-refractivity contribution >= 4 is 17.5 Å². The number of carbonyl (C=O) groups excluding carboxylic acids is 1. The van der Waals surface area contributed by atoms with Gasteiger partial charge in [0.25, 0.3) is 0 Å². The number of hydrogen-bond acceptors (Lipinski definition) is 5. The third kappa shape index (κ3) is 3.36. The van der Waals surface area contributed by atoms with Crippen molar-refractivity contribution < 1.29 is 9.53 Å². The van der Waals surface area contributed by atoms with Crippen LogP contribution in [0, 0.1) is 0 Å². The molecular formula is C10H13ClN4O2. The van der Waals surface area contributed by atoms with Gasteiger partial charge in [-0.05, 0) is 0 Å². The molecule has 1 saturated heterocycles. The van der Waals surface area contributed by atoms with Gasteiger partial charge in [0.05, 0.1) is 24.7 Å². The summed E-state index contributed by atoms with van der Waals surface area (Å²) in [5.41, 5.74) is 6.01. The molecule has 0 spiro atoms. The molecular weight excluding hydrogens is 244 g/mol. The highest BCUT2D eigenvalue weighted by molar-refractivity contribution is 6.29. The molecule has 1 amide bonds. The number of carbonyl (C=O) groups is 1. The van der Waals surface area contributed by atoms with E-state index in [4.69, 9.17) is 22.1 Å². The fraction of sp³-hybridized carbons (Fsp3) is 0.500. The number of ether oxygens (including phenoxy) is 1. The first-order chi connectivity index (χ1) is 8.15. The smallest absolute Gasteiger partial charge is 0.247 e. The second kappa shape index (κ2) is 5.39. The zero-order valence-electron chi connectivity index (χ0n) is 9.17. The quantitative estimate of drug-likeness (QED) is 0.811. The zero-order valence-corrected chi connectivity index (χ0v) is 9.93. The van der Waals surface area contributed by atoms with Gasteiger partial charge in [0.15, 0.2) is 0 Å². The lowest BCUT2D eigenvalue weighted by Crippen LogP contribution is -2.48. The average molecular weight is 257 g/mol. The number of aromatic nitrogens is 2. The van der Waals surface area contributed by atoms with Crippen LogP contribution in [-0.2, 0) is 16.1 Å². The Labute approximate surface area is 104 Å². The molecule has 1 aliphatic rings. The number of morpholine rings is 1. The monoisotopic (exact) mass is 256 g/mol. The van der Waals surface area contributed by atoms with E-state index < -0.39 is 12.0 Å². The van der Waals surface area contributed by atoms with Gasteiger partial charge >= 0.3 is 0 Å². The van der Waals surface area contributed by atoms with Gasteiger partial charge in [-0.1, -0.05) is 11.6 Å². The van der Waals surface area contributed by atoms with E-state index in [1.165, 1.54) is 6.20 Å². The average Bonchev–Trinajstić information content (AvgIpc) is 2.32. The maximum absolute atomic E-state index is 11.0. The maximum atomic E-state index is 11.0. The van der Waals surface area contributed by atoms with Gasteiger partial charge in [-0.25, -0.2) is 4.98 Å². The van der Waals surface area contributed by atoms with E-state index in [2.05, 4.69) is 14.9 Å². The van der Waals surface area contributed by atoms with Gasteiger partial charge in [0.1, 0.15) is 11.3 Å². The van der Waals surface area contributed by atoms with Gasteiger partial charge < -0.3 is 10.5 Å². The van der Waals surface area contributed by atoms with Crippen molar-refractivity contribution in [1.82, 2.24) is 14.9 Å². The Morgan fingerprint density at radius 1 is 1.59 bits per heavy atom. The molecule has 0 radical (unpaired) electrons. The van der Waals surface area contributed by atoms with Gasteiger partial charge in [-0.15, -0.1) is 0 Å². The molecule has 0 aliphatic carbocycles. The molecule has 92 valence electrons. The van der Waals surface area contributed by atoms with Crippen molar-refractivity contribution in [3.8, 4) is 0 Å². The Bertz CT molecular complexity index is 398. The summed E-state index contributed by atoms with van der Waals surface area (Å²) >= 11 is 5.65. The van der Waals surface area contributed by atoms with E-state index in [0.717, 1.165) is 12.2 Å². The fourth-order valence-electron chi connectivity index (χ4n) is 1.67. The summed E-state index contributed by atoms with van der Waals surface area (Å²) in [5, 5.41) is 0.366. The van der Waals surface area contributed by atoms with Crippen LogP contribution < -0.4 is 5.73 Å². The summed E-state index contributed by atoms with van der Waals surface area (Å²) in [4.78, 5) is 21.2. The predicted octanol–water partition coefficient (Wildman–Crippen LogP) is -0.184. The van der Waals surface area contributed by atoms with Crippen molar-refractivity contribution in [1.29, 1.82) is 0 Å². The maximum Gasteiger partial charge on any atom is 0.247 e. The summed E-state index contributed by atoms with van der Waals surface area (Å²) in [7, 11) is 0. The molecule has 7 heteroatoms. The van der Waals surface area contributed by atoms with E-state index in [1.807, 2.05) is 0 Å². The van der Waals surface area contributed by atoms with E-state index >= 15 is 0 Å². The highest BCUT2D eigenvalue weighted by atomic mass is 35.5. The minimum atomic E-state index is -0.538. The number of primary amides is 1. The summed E-state index contributed by atoms with van der Waals surface area (Å²) < 4.78 is 5.25. The number of rotatable bonds is 3. The SMILES string of the molecule is NC(=O)[C@H]1CN(Cc2cnc(Cl)cn2)CCO1. The molecule has 1 fully saturated rings. The van der Waals surface area contributed by atoms with Crippen LogP contribution in [0.15, 0.2) is 12.4 Å². The van der Waals surface area contributed by atoms with Gasteiger partial charge in [0.2, 0.25) is 5.91 Å². The zero-order chi connectivity index (χ0) is 12.3. The van der Waals surface area contributed by atoms with E-state index in [9.17, 15) is 4.79 Å². The van der Waals surface area contributed by atoms with Crippen molar-refractivity contribution in [2.24, 2.45) is 5.73 Å². The molecule has 1 aromatic heterocycles. The van der Waals surface area contributed by atoms with Crippen molar-refractivity contribution in [3.05, 3.63) is 23.2 Å². The van der Waals surface area contributed by atoms with Crippen LogP contribution >= 0.6 is 11.6 Å². The van der Waals surface area contributed by atoms with Crippen LogP contribution in [0.5, 0.6) is 0 Å². The van der Waals surface area contributed by atoms with Crippen molar-refractivity contribution in [2.75, 3.05) is 19.7 Å². The first-order valence-electron chi connectivity index (χ1n) is 5.25. The first kappa shape index (κ1) is 12.2. The lowest BCUT2D eigenvalue weighted by Gasteiger charge is -2.30.